The third kappa shape index (κ3) is 3.27. The van der Waals surface area contributed by atoms with Crippen LogP contribution in [0, 0.1) is 0 Å². The second kappa shape index (κ2) is 6.06. The molecular weight excluding hydrogens is 192 g/mol. The van der Waals surface area contributed by atoms with Crippen LogP contribution in [-0.4, -0.2) is 23.1 Å². The van der Waals surface area contributed by atoms with E-state index in [-0.39, 0.29) is 0 Å². The van der Waals surface area contributed by atoms with Crippen molar-refractivity contribution in [3.8, 4) is 5.88 Å². The van der Waals surface area contributed by atoms with Gasteiger partial charge in [0.25, 0.3) is 0 Å². The largest absolute Gasteiger partial charge is 0.476 e. The number of hydrogen-bond donors (Lipinski definition) is 2. The van der Waals surface area contributed by atoms with Crippen molar-refractivity contribution < 1.29 is 4.74 Å². The first-order chi connectivity index (χ1) is 7.29. The minimum atomic E-state index is 0.463. The van der Waals surface area contributed by atoms with Gasteiger partial charge in [-0.05, 0) is 12.8 Å². The first-order valence-corrected chi connectivity index (χ1v) is 5.26. The van der Waals surface area contributed by atoms with Gasteiger partial charge in [-0.2, -0.15) is 4.98 Å². The van der Waals surface area contributed by atoms with Crippen molar-refractivity contribution >= 4 is 11.5 Å². The van der Waals surface area contributed by atoms with Crippen LogP contribution >= 0.6 is 0 Å². The van der Waals surface area contributed by atoms with E-state index in [1.54, 1.807) is 0 Å². The highest BCUT2D eigenvalue weighted by Crippen LogP contribution is 2.24. The summed E-state index contributed by atoms with van der Waals surface area (Å²) in [5.41, 5.74) is 6.34. The summed E-state index contributed by atoms with van der Waals surface area (Å²) in [4.78, 5) is 8.04. The van der Waals surface area contributed by atoms with Crippen LogP contribution in [0.15, 0.2) is 6.33 Å². The van der Waals surface area contributed by atoms with Crippen molar-refractivity contribution in [1.82, 2.24) is 9.97 Å². The van der Waals surface area contributed by atoms with E-state index in [0.29, 0.717) is 24.0 Å². The number of nitrogens with zero attached hydrogens (tertiary/aromatic N) is 2. The van der Waals surface area contributed by atoms with Crippen molar-refractivity contribution in [1.29, 1.82) is 0 Å². The van der Waals surface area contributed by atoms with Crippen LogP contribution in [0.1, 0.15) is 26.7 Å². The maximum Gasteiger partial charge on any atom is 0.242 e. The lowest BCUT2D eigenvalue weighted by atomic mass is 10.4. The molecule has 3 N–H and O–H groups in total. The van der Waals surface area contributed by atoms with Crippen molar-refractivity contribution in [2.75, 3.05) is 24.2 Å². The van der Waals surface area contributed by atoms with Gasteiger partial charge in [0.05, 0.1) is 6.61 Å². The molecule has 0 aliphatic carbocycles. The van der Waals surface area contributed by atoms with Crippen LogP contribution in [0.4, 0.5) is 11.5 Å². The molecule has 84 valence electrons. The van der Waals surface area contributed by atoms with E-state index in [0.717, 1.165) is 19.4 Å². The Kier molecular flexibility index (Phi) is 4.66. The summed E-state index contributed by atoms with van der Waals surface area (Å²) in [5, 5.41) is 3.12. The Labute approximate surface area is 90.1 Å². The molecule has 0 amide bonds. The van der Waals surface area contributed by atoms with E-state index in [1.807, 2.05) is 6.92 Å². The Hall–Kier alpha value is -1.52. The Morgan fingerprint density at radius 3 is 2.80 bits per heavy atom. The van der Waals surface area contributed by atoms with Crippen LogP contribution in [0.3, 0.4) is 0 Å². The average Bonchev–Trinajstić information content (AvgIpc) is 2.26. The summed E-state index contributed by atoms with van der Waals surface area (Å²) in [6.07, 6.45) is 3.41. The lowest BCUT2D eigenvalue weighted by Gasteiger charge is -2.10. The highest BCUT2D eigenvalue weighted by atomic mass is 16.5. The standard InChI is InChI=1S/C10H18N4O/c1-3-5-12-9-8(11)10(14-7-13-9)15-6-4-2/h7H,3-6,11H2,1-2H3,(H,12,13,14). The van der Waals surface area contributed by atoms with Gasteiger partial charge in [-0.15, -0.1) is 0 Å². The first-order valence-electron chi connectivity index (χ1n) is 5.26. The molecule has 0 saturated carbocycles. The van der Waals surface area contributed by atoms with Gasteiger partial charge >= 0.3 is 0 Å². The van der Waals surface area contributed by atoms with Gasteiger partial charge in [-0.1, -0.05) is 13.8 Å². The van der Waals surface area contributed by atoms with Crippen LogP contribution in [0.25, 0.3) is 0 Å². The SMILES string of the molecule is CCCNc1ncnc(OCCC)c1N. The molecule has 0 bridgehead atoms. The molecule has 0 aliphatic heterocycles. The monoisotopic (exact) mass is 210 g/mol. The van der Waals surface area contributed by atoms with E-state index in [9.17, 15) is 0 Å². The normalized spacial score (nSPS) is 10.0. The fourth-order valence-electron chi connectivity index (χ4n) is 1.08. The predicted molar refractivity (Wildman–Crippen MR) is 61.0 cm³/mol. The minimum absolute atomic E-state index is 0.463. The molecule has 1 heterocycles. The molecule has 0 aliphatic rings. The lowest BCUT2D eigenvalue weighted by molar-refractivity contribution is 0.306. The molecule has 5 heteroatoms. The van der Waals surface area contributed by atoms with Gasteiger partial charge in [0.15, 0.2) is 5.82 Å². The summed E-state index contributed by atoms with van der Waals surface area (Å²) in [7, 11) is 0. The number of anilines is 2. The zero-order valence-corrected chi connectivity index (χ0v) is 9.29. The Morgan fingerprint density at radius 1 is 1.33 bits per heavy atom. The summed E-state index contributed by atoms with van der Waals surface area (Å²) in [6, 6.07) is 0. The molecule has 0 aromatic carbocycles. The van der Waals surface area contributed by atoms with Gasteiger partial charge in [0.1, 0.15) is 12.0 Å². The van der Waals surface area contributed by atoms with Crippen molar-refractivity contribution in [2.24, 2.45) is 0 Å². The van der Waals surface area contributed by atoms with Crippen LogP contribution in [0.2, 0.25) is 0 Å². The van der Waals surface area contributed by atoms with Crippen LogP contribution in [0.5, 0.6) is 5.88 Å². The number of rotatable bonds is 6. The molecule has 15 heavy (non-hydrogen) atoms. The van der Waals surface area contributed by atoms with Gasteiger partial charge < -0.3 is 15.8 Å². The highest BCUT2D eigenvalue weighted by Gasteiger charge is 2.07. The topological polar surface area (TPSA) is 73.1 Å². The number of ether oxygens (including phenoxy) is 1. The number of hydrogen-bond acceptors (Lipinski definition) is 5. The Morgan fingerprint density at radius 2 is 2.13 bits per heavy atom. The van der Waals surface area contributed by atoms with Crippen molar-refractivity contribution in [2.45, 2.75) is 26.7 Å². The fraction of sp³-hybridized carbons (Fsp3) is 0.600. The molecule has 0 fully saturated rings. The van der Waals surface area contributed by atoms with Gasteiger partial charge in [-0.3, -0.25) is 0 Å². The second-order valence-corrected chi connectivity index (χ2v) is 3.22. The lowest BCUT2D eigenvalue weighted by Crippen LogP contribution is -2.08. The average molecular weight is 210 g/mol. The molecule has 5 nitrogen and oxygen atoms in total. The molecule has 0 unspecified atom stereocenters. The Balaban J connectivity index is 2.71. The summed E-state index contributed by atoms with van der Waals surface area (Å²) < 4.78 is 5.39. The van der Waals surface area contributed by atoms with E-state index < -0.39 is 0 Å². The zero-order chi connectivity index (χ0) is 11.1. The first kappa shape index (κ1) is 11.6. The van der Waals surface area contributed by atoms with E-state index in [4.69, 9.17) is 10.5 Å². The van der Waals surface area contributed by atoms with Gasteiger partial charge in [0, 0.05) is 6.54 Å². The van der Waals surface area contributed by atoms with Gasteiger partial charge in [0.2, 0.25) is 5.88 Å². The predicted octanol–water partition coefficient (Wildman–Crippen LogP) is 1.67. The fourth-order valence-corrected chi connectivity index (χ4v) is 1.08. The molecular formula is C10H18N4O. The van der Waals surface area contributed by atoms with E-state index in [2.05, 4.69) is 22.2 Å². The zero-order valence-electron chi connectivity index (χ0n) is 9.29. The molecule has 1 aromatic rings. The summed E-state index contributed by atoms with van der Waals surface area (Å²) in [5.74, 6) is 1.11. The summed E-state index contributed by atoms with van der Waals surface area (Å²) in [6.45, 7) is 5.58. The van der Waals surface area contributed by atoms with Crippen molar-refractivity contribution in [3.63, 3.8) is 0 Å². The van der Waals surface area contributed by atoms with E-state index in [1.165, 1.54) is 6.33 Å². The number of nitrogens with one attached hydrogen (secondary N) is 1. The quantitative estimate of drug-likeness (QED) is 0.747. The number of aromatic nitrogens is 2. The van der Waals surface area contributed by atoms with Crippen molar-refractivity contribution in [3.05, 3.63) is 6.33 Å². The molecule has 0 radical (unpaired) electrons. The number of nitrogens with two attached hydrogens (primary N) is 1. The molecule has 1 aromatic heterocycles. The molecule has 1 rings (SSSR count). The van der Waals surface area contributed by atoms with Crippen LogP contribution < -0.4 is 15.8 Å². The minimum Gasteiger partial charge on any atom is -0.476 e. The number of nitrogen functional groups attached to an aromatic ring is 1. The molecule has 0 spiro atoms. The second-order valence-electron chi connectivity index (χ2n) is 3.22. The van der Waals surface area contributed by atoms with E-state index >= 15 is 0 Å². The smallest absolute Gasteiger partial charge is 0.242 e. The molecule has 0 saturated heterocycles. The van der Waals surface area contributed by atoms with Gasteiger partial charge in [-0.25, -0.2) is 4.98 Å². The molecule has 0 atom stereocenters. The third-order valence-electron chi connectivity index (χ3n) is 1.83. The van der Waals surface area contributed by atoms with Crippen LogP contribution in [-0.2, 0) is 0 Å². The highest BCUT2D eigenvalue weighted by molar-refractivity contribution is 5.66. The Bertz CT molecular complexity index is 277. The maximum absolute atomic E-state index is 5.85. The summed E-state index contributed by atoms with van der Waals surface area (Å²) >= 11 is 0. The third-order valence-corrected chi connectivity index (χ3v) is 1.83. The maximum atomic E-state index is 5.85.